The van der Waals surface area contributed by atoms with Crippen molar-refractivity contribution in [3.8, 4) is 11.1 Å². The van der Waals surface area contributed by atoms with Gasteiger partial charge < -0.3 is 20.1 Å². The van der Waals surface area contributed by atoms with E-state index in [-0.39, 0.29) is 42.2 Å². The van der Waals surface area contributed by atoms with Gasteiger partial charge in [-0.3, -0.25) is 9.59 Å². The molecule has 2 aliphatic rings. The van der Waals surface area contributed by atoms with Gasteiger partial charge in [0.25, 0.3) is 0 Å². The number of nitrogens with one attached hydrogen (secondary N) is 1. The summed E-state index contributed by atoms with van der Waals surface area (Å²) >= 11 is 0. The number of carboxylic acids is 1. The average molecular weight is 479 g/mol. The van der Waals surface area contributed by atoms with Gasteiger partial charge in [0.2, 0.25) is 5.91 Å². The van der Waals surface area contributed by atoms with E-state index in [1.165, 1.54) is 11.1 Å². The van der Waals surface area contributed by atoms with E-state index in [1.54, 1.807) is 11.9 Å². The van der Waals surface area contributed by atoms with Crippen LogP contribution in [0.15, 0.2) is 48.5 Å². The molecule has 1 fully saturated rings. The van der Waals surface area contributed by atoms with E-state index >= 15 is 0 Å². The molecule has 0 radical (unpaired) electrons. The zero-order valence-electron chi connectivity index (χ0n) is 20.8. The van der Waals surface area contributed by atoms with Gasteiger partial charge in [0, 0.05) is 31.5 Å². The molecule has 7 heteroatoms. The molecule has 1 saturated carbocycles. The molecular formula is C28H34N2O5. The minimum Gasteiger partial charge on any atom is -0.481 e. The Labute approximate surface area is 206 Å². The maximum atomic E-state index is 12.9. The van der Waals surface area contributed by atoms with Gasteiger partial charge >= 0.3 is 12.1 Å². The number of hydrogen-bond acceptors (Lipinski definition) is 4. The minimum absolute atomic E-state index is 0.0326. The van der Waals surface area contributed by atoms with Gasteiger partial charge in [0.05, 0.1) is 5.92 Å². The van der Waals surface area contributed by atoms with E-state index in [4.69, 9.17) is 9.84 Å². The number of aliphatic carboxylic acids is 1. The summed E-state index contributed by atoms with van der Waals surface area (Å²) in [5, 5.41) is 12.0. The fourth-order valence-electron chi connectivity index (χ4n) is 4.98. The number of fused-ring (bicyclic) bond motifs is 3. The Morgan fingerprint density at radius 1 is 1.03 bits per heavy atom. The first-order valence-corrected chi connectivity index (χ1v) is 12.2. The Balaban J connectivity index is 1.37. The number of ether oxygens (including phenoxy) is 1. The molecule has 0 spiro atoms. The lowest BCUT2D eigenvalue weighted by Crippen LogP contribution is -2.51. The van der Waals surface area contributed by atoms with Crippen LogP contribution in [0.25, 0.3) is 11.1 Å². The molecule has 2 aliphatic carbocycles. The maximum Gasteiger partial charge on any atom is 0.407 e. The number of carbonyl (C=O) groups is 3. The molecule has 2 N–H and O–H groups in total. The van der Waals surface area contributed by atoms with Crippen molar-refractivity contribution in [1.82, 2.24) is 10.2 Å². The highest BCUT2D eigenvalue weighted by Crippen LogP contribution is 2.44. The summed E-state index contributed by atoms with van der Waals surface area (Å²) < 4.78 is 5.69. The molecule has 0 aromatic heterocycles. The van der Waals surface area contributed by atoms with Gasteiger partial charge in [-0.05, 0) is 40.5 Å². The smallest absolute Gasteiger partial charge is 0.407 e. The van der Waals surface area contributed by atoms with Crippen molar-refractivity contribution in [2.75, 3.05) is 13.7 Å². The number of hydrogen-bond donors (Lipinski definition) is 2. The molecular weight excluding hydrogens is 444 g/mol. The number of amides is 2. The molecule has 1 unspecified atom stereocenters. The Hall–Kier alpha value is -3.35. The molecule has 4 rings (SSSR count). The number of alkyl carbamates (subject to hydrolysis) is 1. The van der Waals surface area contributed by atoms with Gasteiger partial charge in [-0.15, -0.1) is 0 Å². The number of benzene rings is 2. The van der Waals surface area contributed by atoms with Crippen molar-refractivity contribution >= 4 is 18.0 Å². The maximum absolute atomic E-state index is 12.9. The van der Waals surface area contributed by atoms with Crippen molar-refractivity contribution in [2.24, 2.45) is 11.3 Å². The average Bonchev–Trinajstić information content (AvgIpc) is 3.09. The third-order valence-electron chi connectivity index (χ3n) is 7.46. The SMILES string of the molecule is CN(C(=O)CC(NC(=O)OCC1c2ccccc2-c2ccccc21)C(C)(C)C)C1CC(C(=O)O)C1. The second-order valence-electron chi connectivity index (χ2n) is 10.8. The lowest BCUT2D eigenvalue weighted by atomic mass is 9.79. The summed E-state index contributed by atoms with van der Waals surface area (Å²) in [7, 11) is 1.71. The van der Waals surface area contributed by atoms with Crippen LogP contribution in [0, 0.1) is 11.3 Å². The molecule has 35 heavy (non-hydrogen) atoms. The Bertz CT molecular complexity index is 1070. The Morgan fingerprint density at radius 2 is 1.57 bits per heavy atom. The van der Waals surface area contributed by atoms with Crippen molar-refractivity contribution in [2.45, 2.75) is 58.0 Å². The zero-order chi connectivity index (χ0) is 25.3. The lowest BCUT2D eigenvalue weighted by Gasteiger charge is -2.40. The predicted molar refractivity (Wildman–Crippen MR) is 133 cm³/mol. The van der Waals surface area contributed by atoms with E-state index in [0.29, 0.717) is 12.8 Å². The molecule has 7 nitrogen and oxygen atoms in total. The van der Waals surface area contributed by atoms with Crippen LogP contribution in [-0.4, -0.2) is 53.7 Å². The normalized spacial score (nSPS) is 19.7. The van der Waals surface area contributed by atoms with Crippen LogP contribution in [0.3, 0.4) is 0 Å². The van der Waals surface area contributed by atoms with Crippen LogP contribution in [0.2, 0.25) is 0 Å². The summed E-state index contributed by atoms with van der Waals surface area (Å²) in [5.41, 5.74) is 4.25. The summed E-state index contributed by atoms with van der Waals surface area (Å²) in [5.74, 6) is -1.34. The van der Waals surface area contributed by atoms with Gasteiger partial charge in [0.1, 0.15) is 6.61 Å². The standard InChI is InChI=1S/C28H34N2O5/c1-28(2,3)24(15-25(31)30(4)18-13-17(14-18)26(32)33)29-27(34)35-16-23-21-11-7-5-9-19(21)20-10-6-8-12-22(20)23/h5-12,17-18,23-24H,13-16H2,1-4H3,(H,29,34)(H,32,33). The molecule has 0 bridgehead atoms. The number of carboxylic acid groups (broad SMARTS) is 1. The van der Waals surface area contributed by atoms with E-state index in [9.17, 15) is 14.4 Å². The second-order valence-corrected chi connectivity index (χ2v) is 10.8. The third-order valence-corrected chi connectivity index (χ3v) is 7.46. The number of carbonyl (C=O) groups excluding carboxylic acids is 2. The Kier molecular flexibility index (Phi) is 6.88. The largest absolute Gasteiger partial charge is 0.481 e. The number of nitrogens with zero attached hydrogens (tertiary/aromatic N) is 1. The predicted octanol–water partition coefficient (Wildman–Crippen LogP) is 4.65. The summed E-state index contributed by atoms with van der Waals surface area (Å²) in [6.07, 6.45) is 0.518. The van der Waals surface area contributed by atoms with Gasteiger partial charge in [0.15, 0.2) is 0 Å². The number of rotatable bonds is 7. The highest BCUT2D eigenvalue weighted by atomic mass is 16.5. The summed E-state index contributed by atoms with van der Waals surface area (Å²) in [6.45, 7) is 6.12. The molecule has 0 saturated heterocycles. The van der Waals surface area contributed by atoms with Crippen molar-refractivity contribution < 1.29 is 24.2 Å². The topological polar surface area (TPSA) is 95.9 Å². The van der Waals surface area contributed by atoms with Gasteiger partial charge in [-0.25, -0.2) is 4.79 Å². The second kappa shape index (κ2) is 9.72. The van der Waals surface area contributed by atoms with Crippen molar-refractivity contribution in [3.63, 3.8) is 0 Å². The molecule has 0 heterocycles. The molecule has 2 amide bonds. The van der Waals surface area contributed by atoms with Crippen LogP contribution >= 0.6 is 0 Å². The summed E-state index contributed by atoms with van der Waals surface area (Å²) in [4.78, 5) is 38.4. The lowest BCUT2D eigenvalue weighted by molar-refractivity contribution is -0.150. The van der Waals surface area contributed by atoms with E-state index in [1.807, 2.05) is 45.0 Å². The highest BCUT2D eigenvalue weighted by Gasteiger charge is 2.39. The fourth-order valence-corrected chi connectivity index (χ4v) is 4.98. The Morgan fingerprint density at radius 3 is 2.09 bits per heavy atom. The van der Waals surface area contributed by atoms with Crippen molar-refractivity contribution in [3.05, 3.63) is 59.7 Å². The van der Waals surface area contributed by atoms with Gasteiger partial charge in [-0.2, -0.15) is 0 Å². The van der Waals surface area contributed by atoms with Crippen LogP contribution in [0.4, 0.5) is 4.79 Å². The molecule has 2 aromatic carbocycles. The highest BCUT2D eigenvalue weighted by molar-refractivity contribution is 5.80. The molecule has 2 aromatic rings. The first-order chi connectivity index (χ1) is 16.6. The molecule has 186 valence electrons. The van der Waals surface area contributed by atoms with Crippen LogP contribution in [-0.2, 0) is 14.3 Å². The fraction of sp³-hybridized carbons (Fsp3) is 0.464. The molecule has 1 atom stereocenters. The zero-order valence-corrected chi connectivity index (χ0v) is 20.8. The van der Waals surface area contributed by atoms with E-state index in [2.05, 4.69) is 29.6 Å². The first kappa shape index (κ1) is 24.8. The van der Waals surface area contributed by atoms with Crippen LogP contribution in [0.1, 0.15) is 57.1 Å². The van der Waals surface area contributed by atoms with Crippen molar-refractivity contribution in [1.29, 1.82) is 0 Å². The van der Waals surface area contributed by atoms with Crippen LogP contribution in [0.5, 0.6) is 0 Å². The minimum atomic E-state index is -0.813. The van der Waals surface area contributed by atoms with E-state index < -0.39 is 18.1 Å². The first-order valence-electron chi connectivity index (χ1n) is 12.2. The summed E-state index contributed by atoms with van der Waals surface area (Å²) in [6, 6.07) is 15.8. The molecule has 0 aliphatic heterocycles. The van der Waals surface area contributed by atoms with E-state index in [0.717, 1.165) is 11.1 Å². The third kappa shape index (κ3) is 5.19. The van der Waals surface area contributed by atoms with Crippen LogP contribution < -0.4 is 5.32 Å². The quantitative estimate of drug-likeness (QED) is 0.604. The monoisotopic (exact) mass is 478 g/mol. The van der Waals surface area contributed by atoms with Gasteiger partial charge in [-0.1, -0.05) is 69.3 Å².